The number of oxime groups is 2. The van der Waals surface area contributed by atoms with Crippen LogP contribution in [0.1, 0.15) is 164 Å². The third-order valence-corrected chi connectivity index (χ3v) is 19.7. The SMILES string of the molecule is CC(C)(O/N=C(\C(=O)C[C@H]1CON(C2(C(=O)O)C[C@H](N3C(=O)c4cc(O)c(O)cc4C3=O)C(=O)O2)C1=O)c1csc(N)n1)C(=O)O.Cc1nc(/C(=N/OC(C)(C)C(=O)OC(C)(C)C)C(=O)C[C@H]2CON(C3(C(=O)OC(C)(C)C)C[C@H](N4C(=O)c5cc6c(cc5C4=O)OC(c4ccccc4)(c4ccccc4)O6)C(=O)O3)C2=O)cs1. The average molecular weight is 1600 g/mol. The van der Waals surface area contributed by atoms with Gasteiger partial charge in [0.25, 0.3) is 35.4 Å². The molecule has 6 atom stereocenters. The lowest BCUT2D eigenvalue weighted by Gasteiger charge is -2.35. The minimum atomic E-state index is -2.87. The summed E-state index contributed by atoms with van der Waals surface area (Å²) in [6.45, 7) is 15.5. The Bertz CT molecular complexity index is 4990. The van der Waals surface area contributed by atoms with Crippen molar-refractivity contribution >= 4 is 122 Å². The Balaban J connectivity index is 0.000000225. The van der Waals surface area contributed by atoms with Crippen molar-refractivity contribution < 1.29 is 135 Å². The number of ketones is 2. The van der Waals surface area contributed by atoms with Gasteiger partial charge >= 0.3 is 53.1 Å². The molecule has 0 saturated carbocycles. The molecule has 2 unspecified atom stereocenters. The number of imide groups is 2. The summed E-state index contributed by atoms with van der Waals surface area (Å²) in [7, 11) is 0. The molecule has 6 amide bonds. The molecule has 113 heavy (non-hydrogen) atoms. The van der Waals surface area contributed by atoms with E-state index in [4.69, 9.17) is 53.5 Å². The van der Waals surface area contributed by atoms with Crippen LogP contribution in [0.15, 0.2) is 106 Å². The van der Waals surface area contributed by atoms with E-state index in [0.717, 1.165) is 23.5 Å². The fourth-order valence-electron chi connectivity index (χ4n) is 12.6. The molecule has 592 valence electrons. The van der Waals surface area contributed by atoms with Crippen molar-refractivity contribution in [3.05, 3.63) is 145 Å². The van der Waals surface area contributed by atoms with E-state index in [-0.39, 0.29) is 61.0 Å². The van der Waals surface area contributed by atoms with Crippen LogP contribution < -0.4 is 15.2 Å². The second kappa shape index (κ2) is 29.2. The molecule has 0 aliphatic carbocycles. The number of carbonyl (C=O) groups is 14. The third kappa shape index (κ3) is 14.9. The molecule has 9 heterocycles. The topological polar surface area (TPSA) is 502 Å². The van der Waals surface area contributed by atoms with Crippen LogP contribution in [0.25, 0.3) is 0 Å². The molecule has 39 heteroatoms. The maximum atomic E-state index is 14.3. The number of rotatable bonds is 22. The number of hydrogen-bond donors (Lipinski definition) is 5. The highest BCUT2D eigenvalue weighted by molar-refractivity contribution is 7.13. The van der Waals surface area contributed by atoms with Gasteiger partial charge in [0.05, 0.1) is 65.2 Å². The molecular formula is C74H71N9O28S2. The van der Waals surface area contributed by atoms with E-state index in [9.17, 15) is 87.5 Å². The van der Waals surface area contributed by atoms with E-state index in [1.54, 1.807) is 53.8 Å². The Kier molecular flexibility index (Phi) is 20.7. The smallest absolute Gasteiger partial charge is 0.375 e. The highest BCUT2D eigenvalue weighted by Gasteiger charge is 2.68. The molecule has 0 spiro atoms. The number of ether oxygens (including phenoxy) is 6. The van der Waals surface area contributed by atoms with E-state index in [1.165, 1.54) is 56.5 Å². The first-order valence-electron chi connectivity index (χ1n) is 34.5. The quantitative estimate of drug-likeness (QED) is 0.0141. The molecule has 4 fully saturated rings. The van der Waals surface area contributed by atoms with Crippen molar-refractivity contribution in [3.63, 3.8) is 0 Å². The molecule has 6 aromatic rings. The summed E-state index contributed by atoms with van der Waals surface area (Å²) in [4.78, 5) is 219. The zero-order valence-electron chi connectivity index (χ0n) is 61.8. The van der Waals surface area contributed by atoms with Crippen LogP contribution in [-0.4, -0.2) is 204 Å². The van der Waals surface area contributed by atoms with Gasteiger partial charge in [-0.3, -0.25) is 57.8 Å². The zero-order chi connectivity index (χ0) is 82.3. The molecule has 7 aliphatic heterocycles. The van der Waals surface area contributed by atoms with Crippen LogP contribution in [0.4, 0.5) is 5.13 Å². The van der Waals surface area contributed by atoms with Gasteiger partial charge in [-0.25, -0.2) is 38.7 Å². The summed E-state index contributed by atoms with van der Waals surface area (Å²) < 4.78 is 35.0. The number of aryl methyl sites for hydroxylation is 1. The Morgan fingerprint density at radius 3 is 1.37 bits per heavy atom. The molecule has 0 bridgehead atoms. The van der Waals surface area contributed by atoms with Crippen LogP contribution in [0.3, 0.4) is 0 Å². The molecule has 2 aromatic heterocycles. The number of thiazole rings is 2. The third-order valence-electron chi connectivity index (χ3n) is 18.2. The van der Waals surface area contributed by atoms with Crippen molar-refractivity contribution in [1.29, 1.82) is 0 Å². The number of fused-ring (bicyclic) bond motifs is 3. The lowest BCUT2D eigenvalue weighted by Crippen LogP contribution is -2.57. The number of carbonyl (C=O) groups excluding carboxylic acids is 12. The van der Waals surface area contributed by atoms with Gasteiger partial charge in [-0.15, -0.1) is 22.7 Å². The summed E-state index contributed by atoms with van der Waals surface area (Å²) in [6, 6.07) is 19.0. The number of carboxylic acid groups (broad SMARTS) is 2. The largest absolute Gasteiger partial charge is 0.504 e. The fourth-order valence-corrected chi connectivity index (χ4v) is 13.7. The average Bonchev–Trinajstić information content (AvgIpc) is 1.57. The lowest BCUT2D eigenvalue weighted by molar-refractivity contribution is -0.263. The van der Waals surface area contributed by atoms with Crippen LogP contribution >= 0.6 is 22.7 Å². The highest BCUT2D eigenvalue weighted by Crippen LogP contribution is 2.51. The minimum Gasteiger partial charge on any atom is -0.504 e. The number of cyclic esters (lactones) is 2. The van der Waals surface area contributed by atoms with Crippen molar-refractivity contribution in [2.75, 3.05) is 18.9 Å². The summed E-state index contributed by atoms with van der Waals surface area (Å²) in [6.07, 6.45) is -3.00. The summed E-state index contributed by atoms with van der Waals surface area (Å²) in [5.74, 6) is -20.8. The standard InChI is InChI=1S/C48H48N4O14S.C26H23N5O14S/c1-26-49-32(25-67-26)37(50-66-46(8,9)42(58)64-44(2,3)4)34(53)20-27-24-60-52(38(27)54)47(43(59)65-45(5,6)7)23-33(41(57)63-47)51-39(55)30-21-35-36(22-31(30)40(51)56)62-48(61-35,28-16-12-10-13-17-28)29-18-14-11-15-19-29;1-25(2,22(39)40)45-29-17(12-8-46-24(27)28-12)16(34)3-9-7-43-31(18(9)35)26(23(41)42)6-13(21(38)44-26)30-19(36)10-4-14(32)15(33)5-11(10)20(30)37/h10-19,21-22,25,27,33H,20,23-24H2,1-9H3;4-5,8-9,13,32-33H,3,6-7H2,1-2H3,(H2,27,28)(H,39,40)(H,41,42)/b50-37-;29-17-/t27-,33-,47?;9-,13-,26?/m00/s1. The van der Waals surface area contributed by atoms with Crippen molar-refractivity contribution in [2.45, 2.75) is 154 Å². The Morgan fingerprint density at radius 1 is 0.558 bits per heavy atom. The first kappa shape index (κ1) is 79.9. The van der Waals surface area contributed by atoms with E-state index in [1.807, 2.05) is 60.7 Å². The Morgan fingerprint density at radius 2 is 0.965 bits per heavy atom. The molecule has 37 nitrogen and oxygen atoms in total. The number of nitrogens with zero attached hydrogens (tertiary/aromatic N) is 8. The number of phenols is 2. The van der Waals surface area contributed by atoms with E-state index in [0.29, 0.717) is 31.0 Å². The maximum absolute atomic E-state index is 14.3. The Hall–Kier alpha value is -12.6. The van der Waals surface area contributed by atoms with Crippen molar-refractivity contribution in [1.82, 2.24) is 29.9 Å². The van der Waals surface area contributed by atoms with Crippen molar-refractivity contribution in [3.8, 4) is 23.0 Å². The molecule has 4 saturated heterocycles. The van der Waals surface area contributed by atoms with Crippen LogP contribution in [-0.2, 0) is 92.0 Å². The summed E-state index contributed by atoms with van der Waals surface area (Å²) in [5.41, 5.74) is -5.86. The Labute approximate surface area is 647 Å². The van der Waals surface area contributed by atoms with Crippen LogP contribution in [0.2, 0.25) is 0 Å². The van der Waals surface area contributed by atoms with E-state index in [2.05, 4.69) is 20.3 Å². The van der Waals surface area contributed by atoms with Gasteiger partial charge in [0.1, 0.15) is 34.7 Å². The second-order valence-electron chi connectivity index (χ2n) is 29.6. The number of aromatic nitrogens is 2. The normalized spacial score (nSPS) is 22.1. The summed E-state index contributed by atoms with van der Waals surface area (Å²) in [5, 5.41) is 50.9. The number of Topliss-reactive ketones (excluding diaryl/α,β-unsaturated/α-hetero) is 2. The number of nitrogens with two attached hydrogens (primary N) is 1. The van der Waals surface area contributed by atoms with E-state index < -0.39 is 202 Å². The first-order valence-corrected chi connectivity index (χ1v) is 36.2. The van der Waals surface area contributed by atoms with Gasteiger partial charge in [0.2, 0.25) is 11.2 Å². The number of nitrogen functional groups attached to an aromatic ring is 1. The van der Waals surface area contributed by atoms with Gasteiger partial charge in [0, 0.05) is 34.7 Å². The molecule has 13 rings (SSSR count). The maximum Gasteiger partial charge on any atom is 0.375 e. The molecular weight excluding hydrogens is 1530 g/mol. The van der Waals surface area contributed by atoms with Gasteiger partial charge in [-0.05, 0) is 100 Å². The number of anilines is 1. The number of phenolic OH excluding ortho intramolecular Hbond substituents is 2. The number of aromatic hydroxyl groups is 2. The highest BCUT2D eigenvalue weighted by atomic mass is 32.1. The molecule has 0 radical (unpaired) electrons. The number of aliphatic carboxylic acids is 2. The number of carboxylic acids is 2. The number of amides is 6. The monoisotopic (exact) mass is 1600 g/mol. The molecule has 4 aromatic carbocycles. The predicted molar refractivity (Wildman–Crippen MR) is 382 cm³/mol. The van der Waals surface area contributed by atoms with Gasteiger partial charge in [-0.1, -0.05) is 71.0 Å². The van der Waals surface area contributed by atoms with Gasteiger partial charge in [-0.2, -0.15) is 10.1 Å². The second-order valence-corrected chi connectivity index (χ2v) is 31.6. The van der Waals surface area contributed by atoms with Crippen molar-refractivity contribution in [2.24, 2.45) is 22.1 Å². The zero-order valence-corrected chi connectivity index (χ0v) is 63.5. The number of hydroxylamine groups is 4. The summed E-state index contributed by atoms with van der Waals surface area (Å²) >= 11 is 2.15. The van der Waals surface area contributed by atoms with E-state index >= 15 is 0 Å². The van der Waals surface area contributed by atoms with Gasteiger partial charge in [0.15, 0.2) is 51.1 Å². The number of benzene rings is 4. The molecule has 6 N–H and O–H groups in total. The first-order chi connectivity index (χ1) is 52.9. The minimum absolute atomic E-state index is 0.0344. The van der Waals surface area contributed by atoms with Gasteiger partial charge < -0.3 is 64.3 Å². The van der Waals surface area contributed by atoms with Crippen LogP contribution in [0.5, 0.6) is 23.0 Å². The van der Waals surface area contributed by atoms with Crippen LogP contribution in [0, 0.1) is 18.8 Å². The number of esters is 4. The predicted octanol–water partition coefficient (Wildman–Crippen LogP) is 5.43. The molecule has 7 aliphatic rings. The fraction of sp³-hybridized carbons (Fsp3) is 0.378. The number of hydrogen-bond acceptors (Lipinski definition) is 33. The lowest BCUT2D eigenvalue weighted by atomic mass is 9.97.